The first-order valence-corrected chi connectivity index (χ1v) is 8.45. The van der Waals surface area contributed by atoms with E-state index in [0.29, 0.717) is 23.3 Å². The molecule has 2 N–H and O–H groups in total. The van der Waals surface area contributed by atoms with E-state index in [1.807, 2.05) is 11.4 Å². The van der Waals surface area contributed by atoms with Crippen LogP contribution in [0.2, 0.25) is 0 Å². The Balaban J connectivity index is 1.78. The van der Waals surface area contributed by atoms with Crippen LogP contribution < -0.4 is 10.9 Å². The third-order valence-corrected chi connectivity index (χ3v) is 4.97. The molecule has 0 aromatic carbocycles. The molecule has 0 bridgehead atoms. The number of aromatic nitrogens is 2. The minimum absolute atomic E-state index is 0.0207. The average Bonchev–Trinajstić information content (AvgIpc) is 3.08. The van der Waals surface area contributed by atoms with Gasteiger partial charge in [-0.15, -0.1) is 11.3 Å². The van der Waals surface area contributed by atoms with E-state index in [-0.39, 0.29) is 5.56 Å². The van der Waals surface area contributed by atoms with Gasteiger partial charge in [0.1, 0.15) is 10.5 Å². The number of rotatable bonds is 5. The average molecular weight is 306 g/mol. The van der Waals surface area contributed by atoms with Gasteiger partial charge in [-0.05, 0) is 44.7 Å². The Labute approximate surface area is 128 Å². The van der Waals surface area contributed by atoms with Gasteiger partial charge in [0.25, 0.3) is 5.56 Å². The molecule has 21 heavy (non-hydrogen) atoms. The summed E-state index contributed by atoms with van der Waals surface area (Å²) in [6.45, 7) is 7.19. The highest BCUT2D eigenvalue weighted by Crippen LogP contribution is 2.15. The summed E-state index contributed by atoms with van der Waals surface area (Å²) < 4.78 is 0.715. The topological polar surface area (TPSA) is 61.0 Å². The lowest BCUT2D eigenvalue weighted by molar-refractivity contribution is 0.189. The number of thiophene rings is 1. The van der Waals surface area contributed by atoms with Crippen LogP contribution in [0.15, 0.2) is 16.2 Å². The number of aromatic amines is 1. The molecule has 1 aliphatic heterocycles. The molecule has 0 spiro atoms. The second-order valence-corrected chi connectivity index (χ2v) is 6.88. The van der Waals surface area contributed by atoms with Gasteiger partial charge in [-0.1, -0.05) is 0 Å². The largest absolute Gasteiger partial charge is 0.313 e. The molecule has 1 atom stereocenters. The smallest absolute Gasteiger partial charge is 0.268 e. The maximum Gasteiger partial charge on any atom is 0.268 e. The highest BCUT2D eigenvalue weighted by atomic mass is 32.1. The van der Waals surface area contributed by atoms with Crippen molar-refractivity contribution in [2.75, 3.05) is 13.1 Å². The van der Waals surface area contributed by atoms with Crippen LogP contribution in [0.4, 0.5) is 0 Å². The Morgan fingerprint density at radius 1 is 1.52 bits per heavy atom. The Morgan fingerprint density at radius 3 is 3.10 bits per heavy atom. The summed E-state index contributed by atoms with van der Waals surface area (Å²) in [4.78, 5) is 21.9. The summed E-state index contributed by atoms with van der Waals surface area (Å²) in [5.74, 6) is 0.762. The summed E-state index contributed by atoms with van der Waals surface area (Å²) >= 11 is 1.44. The first-order valence-electron chi connectivity index (χ1n) is 7.57. The predicted molar refractivity (Wildman–Crippen MR) is 86.8 cm³/mol. The summed E-state index contributed by atoms with van der Waals surface area (Å²) in [5.41, 5.74) is 0.786. The minimum Gasteiger partial charge on any atom is -0.313 e. The van der Waals surface area contributed by atoms with Gasteiger partial charge in [-0.25, -0.2) is 4.98 Å². The Kier molecular flexibility index (Phi) is 4.37. The van der Waals surface area contributed by atoms with Gasteiger partial charge < -0.3 is 10.3 Å². The predicted octanol–water partition coefficient (Wildman–Crippen LogP) is 1.95. The molecule has 2 aromatic rings. The molecule has 3 rings (SSSR count). The number of nitrogens with zero attached hydrogens (tertiary/aromatic N) is 2. The van der Waals surface area contributed by atoms with Gasteiger partial charge in [0.05, 0.1) is 12.1 Å². The van der Waals surface area contributed by atoms with Crippen molar-refractivity contribution >= 4 is 21.6 Å². The zero-order valence-corrected chi connectivity index (χ0v) is 13.4. The fourth-order valence-corrected chi connectivity index (χ4v) is 3.57. The molecule has 114 valence electrons. The quantitative estimate of drug-likeness (QED) is 0.886. The van der Waals surface area contributed by atoms with E-state index in [2.05, 4.69) is 34.0 Å². The van der Waals surface area contributed by atoms with Gasteiger partial charge in [0, 0.05) is 18.6 Å². The molecule has 0 aliphatic carbocycles. The molecule has 1 fully saturated rings. The van der Waals surface area contributed by atoms with Crippen LogP contribution in [-0.2, 0) is 6.54 Å². The number of hydrogen-bond acceptors (Lipinski definition) is 5. The third-order valence-electron chi connectivity index (χ3n) is 4.06. The van der Waals surface area contributed by atoms with Gasteiger partial charge in [-0.3, -0.25) is 9.69 Å². The highest BCUT2D eigenvalue weighted by Gasteiger charge is 2.20. The van der Waals surface area contributed by atoms with E-state index in [0.717, 1.165) is 24.4 Å². The van der Waals surface area contributed by atoms with Crippen LogP contribution in [0, 0.1) is 0 Å². The molecule has 0 radical (unpaired) electrons. The maximum absolute atomic E-state index is 12.0. The molecule has 0 amide bonds. The molecule has 1 unspecified atom stereocenters. The van der Waals surface area contributed by atoms with E-state index < -0.39 is 0 Å². The maximum atomic E-state index is 12.0. The standard InChI is InChI=1S/C15H22N4OS/c1-10(2)19(8-11-4-3-6-16-11)9-13-17-12-5-7-21-14(12)15(20)18-13/h5,7,10-11,16H,3-4,6,8-9H2,1-2H3,(H,17,18,20). The number of hydrogen-bond donors (Lipinski definition) is 2. The summed E-state index contributed by atoms with van der Waals surface area (Å²) in [6, 6.07) is 2.90. The van der Waals surface area contributed by atoms with Crippen molar-refractivity contribution < 1.29 is 0 Å². The fraction of sp³-hybridized carbons (Fsp3) is 0.600. The van der Waals surface area contributed by atoms with Crippen LogP contribution in [0.1, 0.15) is 32.5 Å². The van der Waals surface area contributed by atoms with Gasteiger partial charge in [0.2, 0.25) is 0 Å². The Bertz CT molecular complexity index is 657. The fourth-order valence-electron chi connectivity index (χ4n) is 2.84. The second kappa shape index (κ2) is 6.25. The van der Waals surface area contributed by atoms with E-state index in [4.69, 9.17) is 0 Å². The molecular formula is C15H22N4OS. The SMILES string of the molecule is CC(C)N(Cc1nc2ccsc2c(=O)[nH]1)CC1CCCN1. The summed E-state index contributed by atoms with van der Waals surface area (Å²) in [5, 5.41) is 5.45. The van der Waals surface area contributed by atoms with Crippen molar-refractivity contribution in [2.24, 2.45) is 0 Å². The molecule has 5 nitrogen and oxygen atoms in total. The third kappa shape index (κ3) is 3.33. The normalized spacial score (nSPS) is 19.1. The summed E-state index contributed by atoms with van der Waals surface area (Å²) in [7, 11) is 0. The zero-order chi connectivity index (χ0) is 14.8. The van der Waals surface area contributed by atoms with E-state index in [1.165, 1.54) is 24.2 Å². The lowest BCUT2D eigenvalue weighted by atomic mass is 10.2. The molecule has 1 aliphatic rings. The molecule has 6 heteroatoms. The van der Waals surface area contributed by atoms with E-state index >= 15 is 0 Å². The van der Waals surface area contributed by atoms with Crippen LogP contribution in [0.3, 0.4) is 0 Å². The molecule has 2 aromatic heterocycles. The van der Waals surface area contributed by atoms with Crippen molar-refractivity contribution in [1.82, 2.24) is 20.2 Å². The number of fused-ring (bicyclic) bond motifs is 1. The minimum atomic E-state index is -0.0207. The van der Waals surface area contributed by atoms with E-state index in [1.54, 1.807) is 0 Å². The Morgan fingerprint density at radius 2 is 2.38 bits per heavy atom. The highest BCUT2D eigenvalue weighted by molar-refractivity contribution is 7.17. The lowest BCUT2D eigenvalue weighted by Gasteiger charge is -2.28. The lowest BCUT2D eigenvalue weighted by Crippen LogP contribution is -2.41. The van der Waals surface area contributed by atoms with Crippen molar-refractivity contribution in [2.45, 2.75) is 45.3 Å². The van der Waals surface area contributed by atoms with Crippen molar-refractivity contribution in [1.29, 1.82) is 0 Å². The van der Waals surface area contributed by atoms with Gasteiger partial charge in [-0.2, -0.15) is 0 Å². The second-order valence-electron chi connectivity index (χ2n) is 5.96. The first kappa shape index (κ1) is 14.7. The van der Waals surface area contributed by atoms with Crippen LogP contribution in [-0.4, -0.2) is 40.0 Å². The monoisotopic (exact) mass is 306 g/mol. The van der Waals surface area contributed by atoms with Gasteiger partial charge >= 0.3 is 0 Å². The van der Waals surface area contributed by atoms with Crippen LogP contribution in [0.5, 0.6) is 0 Å². The number of H-pyrrole nitrogens is 1. The first-order chi connectivity index (χ1) is 10.1. The van der Waals surface area contributed by atoms with E-state index in [9.17, 15) is 4.79 Å². The van der Waals surface area contributed by atoms with Crippen molar-refractivity contribution in [3.63, 3.8) is 0 Å². The Hall–Kier alpha value is -1.24. The van der Waals surface area contributed by atoms with Crippen molar-refractivity contribution in [3.8, 4) is 0 Å². The van der Waals surface area contributed by atoms with Crippen LogP contribution in [0.25, 0.3) is 10.2 Å². The molecule has 3 heterocycles. The van der Waals surface area contributed by atoms with Crippen molar-refractivity contribution in [3.05, 3.63) is 27.6 Å². The number of nitrogens with one attached hydrogen (secondary N) is 2. The molecule has 1 saturated heterocycles. The zero-order valence-electron chi connectivity index (χ0n) is 12.6. The van der Waals surface area contributed by atoms with Gasteiger partial charge in [0.15, 0.2) is 0 Å². The molecular weight excluding hydrogens is 284 g/mol. The molecule has 0 saturated carbocycles. The summed E-state index contributed by atoms with van der Waals surface area (Å²) in [6.07, 6.45) is 2.49. The van der Waals surface area contributed by atoms with Crippen LogP contribution >= 0.6 is 11.3 Å².